The summed E-state index contributed by atoms with van der Waals surface area (Å²) >= 11 is 0. The summed E-state index contributed by atoms with van der Waals surface area (Å²) in [5, 5.41) is 0. The molecular weight excluding hydrogens is 188 g/mol. The van der Waals surface area contributed by atoms with Gasteiger partial charge in [-0.05, 0) is 39.7 Å². The summed E-state index contributed by atoms with van der Waals surface area (Å²) in [6.07, 6.45) is 2.76. The number of amides is 1. The van der Waals surface area contributed by atoms with Crippen molar-refractivity contribution in [3.05, 3.63) is 0 Å². The quantitative estimate of drug-likeness (QED) is 0.704. The zero-order valence-corrected chi connectivity index (χ0v) is 10.6. The van der Waals surface area contributed by atoms with Crippen LogP contribution in [0.2, 0.25) is 0 Å². The maximum absolute atomic E-state index is 12.1. The Morgan fingerprint density at radius 2 is 1.80 bits per heavy atom. The molecule has 3 nitrogen and oxygen atoms in total. The van der Waals surface area contributed by atoms with Crippen LogP contribution in [0.3, 0.4) is 0 Å². The van der Waals surface area contributed by atoms with Crippen molar-refractivity contribution in [2.24, 2.45) is 11.7 Å². The third-order valence-electron chi connectivity index (χ3n) is 2.84. The lowest BCUT2D eigenvalue weighted by Crippen LogP contribution is -2.41. The highest BCUT2D eigenvalue weighted by atomic mass is 16.2. The summed E-state index contributed by atoms with van der Waals surface area (Å²) in [6.45, 7) is 9.73. The Hall–Kier alpha value is -0.570. The number of hydrogen-bond acceptors (Lipinski definition) is 2. The van der Waals surface area contributed by atoms with Gasteiger partial charge in [0.25, 0.3) is 0 Å². The summed E-state index contributed by atoms with van der Waals surface area (Å²) < 4.78 is 0. The molecule has 0 rings (SSSR count). The SMILES string of the molecule is CCC(CC)C(=O)N(CCCN)C(C)C. The van der Waals surface area contributed by atoms with Gasteiger partial charge in [-0.2, -0.15) is 0 Å². The number of rotatable bonds is 7. The summed E-state index contributed by atoms with van der Waals surface area (Å²) in [6, 6.07) is 0.282. The van der Waals surface area contributed by atoms with Gasteiger partial charge < -0.3 is 10.6 Å². The lowest BCUT2D eigenvalue weighted by atomic mass is 10.0. The largest absolute Gasteiger partial charge is 0.340 e. The number of carbonyl (C=O) groups excluding carboxylic acids is 1. The Morgan fingerprint density at radius 1 is 1.27 bits per heavy atom. The standard InChI is InChI=1S/C12H26N2O/c1-5-11(6-2)12(15)14(10(3)4)9-7-8-13/h10-11H,5-9,13H2,1-4H3. The van der Waals surface area contributed by atoms with Gasteiger partial charge in [-0.1, -0.05) is 13.8 Å². The van der Waals surface area contributed by atoms with Crippen molar-refractivity contribution in [2.45, 2.75) is 53.0 Å². The molecule has 0 aromatic rings. The van der Waals surface area contributed by atoms with Crippen molar-refractivity contribution in [2.75, 3.05) is 13.1 Å². The van der Waals surface area contributed by atoms with Crippen LogP contribution < -0.4 is 5.73 Å². The molecule has 15 heavy (non-hydrogen) atoms. The van der Waals surface area contributed by atoms with Gasteiger partial charge in [0.05, 0.1) is 0 Å². The molecule has 0 aliphatic carbocycles. The number of hydrogen-bond donors (Lipinski definition) is 1. The van der Waals surface area contributed by atoms with Crippen LogP contribution in [-0.2, 0) is 4.79 Å². The topological polar surface area (TPSA) is 46.3 Å². The van der Waals surface area contributed by atoms with E-state index in [0.717, 1.165) is 25.8 Å². The highest BCUT2D eigenvalue weighted by Crippen LogP contribution is 2.14. The van der Waals surface area contributed by atoms with Crippen LogP contribution in [0.5, 0.6) is 0 Å². The molecule has 0 aromatic heterocycles. The predicted octanol–water partition coefficient (Wildman–Crippen LogP) is 2.01. The highest BCUT2D eigenvalue weighted by Gasteiger charge is 2.22. The number of nitrogens with zero attached hydrogens (tertiary/aromatic N) is 1. The van der Waals surface area contributed by atoms with Crippen molar-refractivity contribution in [3.8, 4) is 0 Å². The molecule has 0 radical (unpaired) electrons. The number of nitrogens with two attached hydrogens (primary N) is 1. The Balaban J connectivity index is 4.39. The van der Waals surface area contributed by atoms with Crippen LogP contribution in [0.15, 0.2) is 0 Å². The van der Waals surface area contributed by atoms with Crippen LogP contribution in [0.25, 0.3) is 0 Å². The zero-order valence-electron chi connectivity index (χ0n) is 10.6. The van der Waals surface area contributed by atoms with Crippen LogP contribution in [0, 0.1) is 5.92 Å². The first-order valence-corrected chi connectivity index (χ1v) is 6.08. The zero-order chi connectivity index (χ0) is 11.8. The Bertz CT molecular complexity index is 176. The minimum Gasteiger partial charge on any atom is -0.340 e. The molecule has 0 unspecified atom stereocenters. The molecule has 0 aliphatic heterocycles. The fraction of sp³-hybridized carbons (Fsp3) is 0.917. The van der Waals surface area contributed by atoms with E-state index in [2.05, 4.69) is 27.7 Å². The summed E-state index contributed by atoms with van der Waals surface area (Å²) in [5.41, 5.74) is 5.48. The average molecular weight is 214 g/mol. The lowest BCUT2D eigenvalue weighted by Gasteiger charge is -2.30. The van der Waals surface area contributed by atoms with E-state index in [1.807, 2.05) is 4.90 Å². The Morgan fingerprint density at radius 3 is 2.13 bits per heavy atom. The van der Waals surface area contributed by atoms with E-state index in [4.69, 9.17) is 5.73 Å². The van der Waals surface area contributed by atoms with Gasteiger partial charge in [0.15, 0.2) is 0 Å². The average Bonchev–Trinajstić information content (AvgIpc) is 2.19. The smallest absolute Gasteiger partial charge is 0.225 e. The molecule has 0 spiro atoms. The summed E-state index contributed by atoms with van der Waals surface area (Å²) in [4.78, 5) is 14.1. The van der Waals surface area contributed by atoms with E-state index in [1.165, 1.54) is 0 Å². The molecular formula is C12H26N2O. The number of carbonyl (C=O) groups is 1. The van der Waals surface area contributed by atoms with E-state index >= 15 is 0 Å². The maximum Gasteiger partial charge on any atom is 0.225 e. The second-order valence-corrected chi connectivity index (χ2v) is 4.28. The lowest BCUT2D eigenvalue weighted by molar-refractivity contribution is -0.137. The molecule has 0 saturated carbocycles. The third-order valence-corrected chi connectivity index (χ3v) is 2.84. The molecule has 0 heterocycles. The second kappa shape index (κ2) is 7.69. The van der Waals surface area contributed by atoms with Crippen LogP contribution >= 0.6 is 0 Å². The first-order valence-electron chi connectivity index (χ1n) is 6.08. The highest BCUT2D eigenvalue weighted by molar-refractivity contribution is 5.79. The molecule has 90 valence electrons. The molecule has 1 amide bonds. The minimum absolute atomic E-state index is 0.185. The van der Waals surface area contributed by atoms with Crippen molar-refractivity contribution < 1.29 is 4.79 Å². The van der Waals surface area contributed by atoms with Crippen molar-refractivity contribution in [1.29, 1.82) is 0 Å². The van der Waals surface area contributed by atoms with Crippen LogP contribution in [0.4, 0.5) is 0 Å². The Labute approximate surface area is 94.0 Å². The Kier molecular flexibility index (Phi) is 7.39. The first-order chi connectivity index (χ1) is 7.08. The molecule has 0 fully saturated rings. The monoisotopic (exact) mass is 214 g/mol. The third kappa shape index (κ3) is 4.65. The first kappa shape index (κ1) is 14.4. The van der Waals surface area contributed by atoms with Crippen molar-refractivity contribution >= 4 is 5.91 Å². The van der Waals surface area contributed by atoms with E-state index in [1.54, 1.807) is 0 Å². The second-order valence-electron chi connectivity index (χ2n) is 4.28. The molecule has 0 aliphatic rings. The van der Waals surface area contributed by atoms with Crippen molar-refractivity contribution in [1.82, 2.24) is 4.90 Å². The van der Waals surface area contributed by atoms with Gasteiger partial charge in [0.1, 0.15) is 0 Å². The maximum atomic E-state index is 12.1. The molecule has 2 N–H and O–H groups in total. The van der Waals surface area contributed by atoms with E-state index in [-0.39, 0.29) is 12.0 Å². The summed E-state index contributed by atoms with van der Waals surface area (Å²) in [7, 11) is 0. The fourth-order valence-corrected chi connectivity index (χ4v) is 1.76. The van der Waals surface area contributed by atoms with Gasteiger partial charge >= 0.3 is 0 Å². The normalized spacial score (nSPS) is 11.1. The molecule has 0 aromatic carbocycles. The predicted molar refractivity (Wildman–Crippen MR) is 64.6 cm³/mol. The van der Waals surface area contributed by atoms with E-state index < -0.39 is 0 Å². The van der Waals surface area contributed by atoms with E-state index in [0.29, 0.717) is 12.5 Å². The molecule has 0 bridgehead atoms. The van der Waals surface area contributed by atoms with Gasteiger partial charge in [-0.15, -0.1) is 0 Å². The van der Waals surface area contributed by atoms with Gasteiger partial charge in [-0.25, -0.2) is 0 Å². The van der Waals surface area contributed by atoms with Crippen LogP contribution in [-0.4, -0.2) is 29.9 Å². The molecule has 3 heteroatoms. The fourth-order valence-electron chi connectivity index (χ4n) is 1.76. The van der Waals surface area contributed by atoms with Crippen LogP contribution in [0.1, 0.15) is 47.0 Å². The van der Waals surface area contributed by atoms with Gasteiger partial charge in [0.2, 0.25) is 5.91 Å². The van der Waals surface area contributed by atoms with Crippen molar-refractivity contribution in [3.63, 3.8) is 0 Å². The summed E-state index contributed by atoms with van der Waals surface area (Å²) in [5.74, 6) is 0.480. The minimum atomic E-state index is 0.185. The molecule has 0 saturated heterocycles. The van der Waals surface area contributed by atoms with E-state index in [9.17, 15) is 4.79 Å². The van der Waals surface area contributed by atoms with Gasteiger partial charge in [0, 0.05) is 18.5 Å². The molecule has 0 atom stereocenters. The van der Waals surface area contributed by atoms with Gasteiger partial charge in [-0.3, -0.25) is 4.79 Å².